The lowest BCUT2D eigenvalue weighted by atomic mass is 10.4. The van der Waals surface area contributed by atoms with Crippen molar-refractivity contribution >= 4 is 16.7 Å². The van der Waals surface area contributed by atoms with Crippen molar-refractivity contribution in [1.29, 1.82) is 0 Å². The zero-order valence-corrected chi connectivity index (χ0v) is 6.13. The molecule has 11 heavy (non-hydrogen) atoms. The number of nitrogen functional groups attached to an aromatic ring is 1. The van der Waals surface area contributed by atoms with Gasteiger partial charge < -0.3 is 10.7 Å². The van der Waals surface area contributed by atoms with Crippen LogP contribution in [0.25, 0.3) is 11.0 Å². The summed E-state index contributed by atoms with van der Waals surface area (Å²) in [6.45, 7) is 1.84. The number of aromatic amines is 1. The number of H-pyrrole nitrogens is 1. The van der Waals surface area contributed by atoms with Crippen LogP contribution in [0, 0.1) is 6.92 Å². The standard InChI is InChI=1S/C7H8N4/c1-4-9-2-5-6(8)3-10-7(5)11-4/h2-3H,8H2,1H3,(H,9,10,11). The molecule has 3 N–H and O–H groups in total. The molecule has 0 spiro atoms. The highest BCUT2D eigenvalue weighted by Gasteiger charge is 2.00. The van der Waals surface area contributed by atoms with Crippen molar-refractivity contribution in [2.24, 2.45) is 0 Å². The Hall–Kier alpha value is -1.58. The maximum atomic E-state index is 5.62. The van der Waals surface area contributed by atoms with E-state index in [1.807, 2.05) is 6.92 Å². The Morgan fingerprint density at radius 2 is 2.36 bits per heavy atom. The average molecular weight is 148 g/mol. The Labute approximate surface area is 63.5 Å². The lowest BCUT2D eigenvalue weighted by Gasteiger charge is -1.90. The predicted molar refractivity (Wildman–Crippen MR) is 43.0 cm³/mol. The first kappa shape index (κ1) is 6.15. The van der Waals surface area contributed by atoms with Gasteiger partial charge in [0.25, 0.3) is 0 Å². The van der Waals surface area contributed by atoms with E-state index < -0.39 is 0 Å². The van der Waals surface area contributed by atoms with Crippen molar-refractivity contribution in [2.75, 3.05) is 5.73 Å². The van der Waals surface area contributed by atoms with E-state index in [2.05, 4.69) is 15.0 Å². The van der Waals surface area contributed by atoms with E-state index in [9.17, 15) is 0 Å². The fraction of sp³-hybridized carbons (Fsp3) is 0.143. The SMILES string of the molecule is Cc1ncc2c(N)c[nH]c2n1. The average Bonchev–Trinajstić information content (AvgIpc) is 2.32. The smallest absolute Gasteiger partial charge is 0.143 e. The summed E-state index contributed by atoms with van der Waals surface area (Å²) in [5.41, 5.74) is 7.11. The van der Waals surface area contributed by atoms with Gasteiger partial charge in [-0.1, -0.05) is 0 Å². The Morgan fingerprint density at radius 1 is 1.55 bits per heavy atom. The van der Waals surface area contributed by atoms with E-state index in [0.717, 1.165) is 16.9 Å². The maximum Gasteiger partial charge on any atom is 0.143 e. The molecule has 0 saturated carbocycles. The van der Waals surface area contributed by atoms with Gasteiger partial charge in [-0.15, -0.1) is 0 Å². The molecule has 0 aliphatic rings. The number of hydrogen-bond acceptors (Lipinski definition) is 3. The van der Waals surface area contributed by atoms with Crippen molar-refractivity contribution in [3.8, 4) is 0 Å². The van der Waals surface area contributed by atoms with Crippen LogP contribution in [0.3, 0.4) is 0 Å². The van der Waals surface area contributed by atoms with Crippen LogP contribution in [0.15, 0.2) is 12.4 Å². The van der Waals surface area contributed by atoms with Crippen molar-refractivity contribution in [2.45, 2.75) is 6.92 Å². The fourth-order valence-corrected chi connectivity index (χ4v) is 1.02. The van der Waals surface area contributed by atoms with Gasteiger partial charge in [-0.05, 0) is 6.92 Å². The van der Waals surface area contributed by atoms with E-state index in [1.165, 1.54) is 0 Å². The molecule has 0 aliphatic carbocycles. The first-order valence-corrected chi connectivity index (χ1v) is 3.33. The van der Waals surface area contributed by atoms with Gasteiger partial charge in [-0.3, -0.25) is 0 Å². The minimum Gasteiger partial charge on any atom is -0.397 e. The van der Waals surface area contributed by atoms with Crippen molar-refractivity contribution in [3.63, 3.8) is 0 Å². The predicted octanol–water partition coefficient (Wildman–Crippen LogP) is 0.849. The minimum absolute atomic E-state index is 0.694. The summed E-state index contributed by atoms with van der Waals surface area (Å²) in [4.78, 5) is 11.1. The van der Waals surface area contributed by atoms with Gasteiger partial charge in [0.15, 0.2) is 0 Å². The summed E-state index contributed by atoms with van der Waals surface area (Å²) in [7, 11) is 0. The van der Waals surface area contributed by atoms with Crippen LogP contribution in [0.1, 0.15) is 5.82 Å². The molecular weight excluding hydrogens is 140 g/mol. The summed E-state index contributed by atoms with van der Waals surface area (Å²) >= 11 is 0. The molecule has 4 nitrogen and oxygen atoms in total. The van der Waals surface area contributed by atoms with Gasteiger partial charge in [-0.25, -0.2) is 9.97 Å². The molecule has 0 amide bonds. The molecule has 0 fully saturated rings. The second-order valence-electron chi connectivity index (χ2n) is 2.42. The lowest BCUT2D eigenvalue weighted by molar-refractivity contribution is 1.08. The summed E-state index contributed by atoms with van der Waals surface area (Å²) in [5, 5.41) is 0.885. The van der Waals surface area contributed by atoms with Crippen LogP contribution in [0.5, 0.6) is 0 Å². The highest BCUT2D eigenvalue weighted by molar-refractivity contribution is 5.87. The van der Waals surface area contributed by atoms with Crippen LogP contribution in [-0.4, -0.2) is 15.0 Å². The highest BCUT2D eigenvalue weighted by Crippen LogP contribution is 2.16. The zero-order valence-electron chi connectivity index (χ0n) is 6.13. The van der Waals surface area contributed by atoms with Crippen LogP contribution in [0.4, 0.5) is 5.69 Å². The van der Waals surface area contributed by atoms with Crippen molar-refractivity contribution in [3.05, 3.63) is 18.2 Å². The minimum atomic E-state index is 0.694. The van der Waals surface area contributed by atoms with E-state index in [4.69, 9.17) is 5.73 Å². The number of aryl methyl sites for hydroxylation is 1. The highest BCUT2D eigenvalue weighted by atomic mass is 14.9. The number of aromatic nitrogens is 3. The first-order valence-electron chi connectivity index (χ1n) is 3.33. The lowest BCUT2D eigenvalue weighted by Crippen LogP contribution is -1.87. The monoisotopic (exact) mass is 148 g/mol. The molecule has 2 aromatic rings. The number of nitrogens with two attached hydrogens (primary N) is 1. The molecule has 2 heterocycles. The summed E-state index contributed by atoms with van der Waals surface area (Å²) in [6.07, 6.45) is 3.45. The summed E-state index contributed by atoms with van der Waals surface area (Å²) < 4.78 is 0. The molecular formula is C7H8N4. The largest absolute Gasteiger partial charge is 0.397 e. The van der Waals surface area contributed by atoms with Crippen molar-refractivity contribution < 1.29 is 0 Å². The fourth-order valence-electron chi connectivity index (χ4n) is 1.02. The van der Waals surface area contributed by atoms with Crippen LogP contribution >= 0.6 is 0 Å². The molecule has 0 unspecified atom stereocenters. The van der Waals surface area contributed by atoms with Crippen LogP contribution in [-0.2, 0) is 0 Å². The molecule has 0 bridgehead atoms. The Kier molecular flexibility index (Phi) is 1.09. The molecule has 0 saturated heterocycles. The second kappa shape index (κ2) is 1.95. The van der Waals surface area contributed by atoms with Crippen molar-refractivity contribution in [1.82, 2.24) is 15.0 Å². The van der Waals surface area contributed by atoms with E-state index in [0.29, 0.717) is 5.69 Å². The number of nitrogens with one attached hydrogen (secondary N) is 1. The third-order valence-electron chi connectivity index (χ3n) is 1.58. The molecule has 0 aromatic carbocycles. The van der Waals surface area contributed by atoms with Crippen LogP contribution in [0.2, 0.25) is 0 Å². The van der Waals surface area contributed by atoms with Gasteiger partial charge in [0.2, 0.25) is 0 Å². The molecule has 4 heteroatoms. The maximum absolute atomic E-state index is 5.62. The van der Waals surface area contributed by atoms with Gasteiger partial charge in [0.05, 0.1) is 11.1 Å². The number of nitrogens with zero attached hydrogens (tertiary/aromatic N) is 2. The Morgan fingerprint density at radius 3 is 3.18 bits per heavy atom. The molecule has 2 rings (SSSR count). The molecule has 0 aliphatic heterocycles. The summed E-state index contributed by atoms with van der Waals surface area (Å²) in [6, 6.07) is 0. The molecule has 0 atom stereocenters. The molecule has 2 aromatic heterocycles. The number of anilines is 1. The van der Waals surface area contributed by atoms with Gasteiger partial charge in [0.1, 0.15) is 11.5 Å². The first-order chi connectivity index (χ1) is 5.27. The molecule has 56 valence electrons. The number of fused-ring (bicyclic) bond motifs is 1. The van der Waals surface area contributed by atoms with E-state index in [-0.39, 0.29) is 0 Å². The van der Waals surface area contributed by atoms with Gasteiger partial charge in [0, 0.05) is 12.4 Å². The Balaban J connectivity index is 2.86. The third-order valence-corrected chi connectivity index (χ3v) is 1.58. The molecule has 0 radical (unpaired) electrons. The zero-order chi connectivity index (χ0) is 7.84. The van der Waals surface area contributed by atoms with E-state index >= 15 is 0 Å². The quantitative estimate of drug-likeness (QED) is 0.582. The van der Waals surface area contributed by atoms with Gasteiger partial charge in [-0.2, -0.15) is 0 Å². The normalized spacial score (nSPS) is 10.6. The number of rotatable bonds is 0. The second-order valence-corrected chi connectivity index (χ2v) is 2.42. The summed E-state index contributed by atoms with van der Waals surface area (Å²) in [5.74, 6) is 0.749. The van der Waals surface area contributed by atoms with E-state index in [1.54, 1.807) is 12.4 Å². The Bertz CT molecular complexity index is 390. The topological polar surface area (TPSA) is 67.6 Å². The van der Waals surface area contributed by atoms with Gasteiger partial charge >= 0.3 is 0 Å². The third kappa shape index (κ3) is 0.832. The number of hydrogen-bond donors (Lipinski definition) is 2. The van der Waals surface area contributed by atoms with Crippen LogP contribution < -0.4 is 5.73 Å².